The Morgan fingerprint density at radius 2 is 2.24 bits per heavy atom. The largest absolute Gasteiger partial charge is 0.281 e. The summed E-state index contributed by atoms with van der Waals surface area (Å²) in [5.74, 6) is -0.177. The van der Waals surface area contributed by atoms with E-state index in [1.54, 1.807) is 12.3 Å². The standard InChI is InChI=1S/C13H12N2OS/c1-10-4-2-5-11(8-10)9-14-15-13(16)12-6-3-7-17-12/h2-9H,1H3,(H,15,16). The van der Waals surface area contributed by atoms with Gasteiger partial charge in [0.05, 0.1) is 11.1 Å². The maximum atomic E-state index is 11.5. The zero-order chi connectivity index (χ0) is 12.1. The second-order valence-electron chi connectivity index (χ2n) is 3.59. The summed E-state index contributed by atoms with van der Waals surface area (Å²) in [5.41, 5.74) is 4.63. The summed E-state index contributed by atoms with van der Waals surface area (Å²) in [4.78, 5) is 12.2. The van der Waals surface area contributed by atoms with E-state index < -0.39 is 0 Å². The van der Waals surface area contributed by atoms with Crippen LogP contribution in [0.2, 0.25) is 0 Å². The first-order valence-electron chi connectivity index (χ1n) is 5.19. The van der Waals surface area contributed by atoms with E-state index in [0.29, 0.717) is 4.88 Å². The first kappa shape index (κ1) is 11.5. The summed E-state index contributed by atoms with van der Waals surface area (Å²) in [6.45, 7) is 2.02. The van der Waals surface area contributed by atoms with Crippen molar-refractivity contribution in [3.05, 3.63) is 57.8 Å². The second-order valence-corrected chi connectivity index (χ2v) is 4.54. The van der Waals surface area contributed by atoms with Gasteiger partial charge in [-0.2, -0.15) is 5.10 Å². The van der Waals surface area contributed by atoms with Gasteiger partial charge in [-0.25, -0.2) is 5.43 Å². The fourth-order valence-corrected chi connectivity index (χ4v) is 1.99. The molecule has 0 atom stereocenters. The minimum absolute atomic E-state index is 0.177. The summed E-state index contributed by atoms with van der Waals surface area (Å²) < 4.78 is 0. The number of thiophene rings is 1. The van der Waals surface area contributed by atoms with Crippen LogP contribution in [0, 0.1) is 6.92 Å². The maximum absolute atomic E-state index is 11.5. The van der Waals surface area contributed by atoms with E-state index in [0.717, 1.165) is 5.56 Å². The van der Waals surface area contributed by atoms with Crippen molar-refractivity contribution in [3.8, 4) is 0 Å². The molecule has 0 fully saturated rings. The van der Waals surface area contributed by atoms with Crippen LogP contribution in [-0.4, -0.2) is 12.1 Å². The highest BCUT2D eigenvalue weighted by Crippen LogP contribution is 2.07. The Labute approximate surface area is 104 Å². The molecule has 1 amide bonds. The van der Waals surface area contributed by atoms with Gasteiger partial charge >= 0.3 is 0 Å². The number of nitrogens with zero attached hydrogens (tertiary/aromatic N) is 1. The number of amides is 1. The average molecular weight is 244 g/mol. The van der Waals surface area contributed by atoms with Crippen LogP contribution in [0.15, 0.2) is 46.9 Å². The molecule has 3 nitrogen and oxygen atoms in total. The van der Waals surface area contributed by atoms with Crippen molar-refractivity contribution in [3.63, 3.8) is 0 Å². The van der Waals surface area contributed by atoms with Gasteiger partial charge in [-0.05, 0) is 23.9 Å². The third-order valence-corrected chi connectivity index (χ3v) is 3.04. The van der Waals surface area contributed by atoms with Crippen LogP contribution in [0.3, 0.4) is 0 Å². The van der Waals surface area contributed by atoms with Gasteiger partial charge in [0.25, 0.3) is 5.91 Å². The van der Waals surface area contributed by atoms with Crippen molar-refractivity contribution in [2.45, 2.75) is 6.92 Å². The molecule has 1 heterocycles. The Morgan fingerprint density at radius 3 is 2.94 bits per heavy atom. The predicted octanol–water partition coefficient (Wildman–Crippen LogP) is 2.82. The van der Waals surface area contributed by atoms with Crippen molar-refractivity contribution < 1.29 is 4.79 Å². The van der Waals surface area contributed by atoms with E-state index in [1.807, 2.05) is 42.6 Å². The Balaban J connectivity index is 1.96. The summed E-state index contributed by atoms with van der Waals surface area (Å²) in [5, 5.41) is 5.78. The normalized spacial score (nSPS) is 10.6. The molecule has 0 spiro atoms. The monoisotopic (exact) mass is 244 g/mol. The SMILES string of the molecule is Cc1cccc(C=NNC(=O)c2cccs2)c1. The Hall–Kier alpha value is -1.94. The number of nitrogens with one attached hydrogen (secondary N) is 1. The summed E-state index contributed by atoms with van der Waals surface area (Å²) in [7, 11) is 0. The second kappa shape index (κ2) is 5.41. The van der Waals surface area contributed by atoms with Gasteiger partial charge in [0.2, 0.25) is 0 Å². The molecular formula is C13H12N2OS. The molecule has 1 N–H and O–H groups in total. The summed E-state index contributed by atoms with van der Waals surface area (Å²) >= 11 is 1.39. The van der Waals surface area contributed by atoms with Crippen LogP contribution >= 0.6 is 11.3 Å². The minimum Gasteiger partial charge on any atom is -0.266 e. The lowest BCUT2D eigenvalue weighted by atomic mass is 10.2. The molecule has 0 aliphatic carbocycles. The first-order valence-corrected chi connectivity index (χ1v) is 6.07. The van der Waals surface area contributed by atoms with Crippen LogP contribution in [0.4, 0.5) is 0 Å². The number of carbonyl (C=O) groups is 1. The fraction of sp³-hybridized carbons (Fsp3) is 0.0769. The number of benzene rings is 1. The zero-order valence-electron chi connectivity index (χ0n) is 9.38. The van der Waals surface area contributed by atoms with Crippen LogP contribution in [0.1, 0.15) is 20.8 Å². The quantitative estimate of drug-likeness (QED) is 0.654. The first-order chi connectivity index (χ1) is 8.25. The van der Waals surface area contributed by atoms with E-state index in [1.165, 1.54) is 16.9 Å². The molecule has 86 valence electrons. The summed E-state index contributed by atoms with van der Waals surface area (Å²) in [6.07, 6.45) is 1.64. The predicted molar refractivity (Wildman–Crippen MR) is 70.6 cm³/mol. The van der Waals surface area contributed by atoms with Gasteiger partial charge in [0.15, 0.2) is 0 Å². The molecule has 1 aromatic heterocycles. The molecule has 0 unspecified atom stereocenters. The zero-order valence-corrected chi connectivity index (χ0v) is 10.2. The highest BCUT2D eigenvalue weighted by atomic mass is 32.1. The third kappa shape index (κ3) is 3.26. The van der Waals surface area contributed by atoms with E-state index in [4.69, 9.17) is 0 Å². The average Bonchev–Trinajstić information content (AvgIpc) is 2.82. The van der Waals surface area contributed by atoms with Crippen LogP contribution < -0.4 is 5.43 Å². The van der Waals surface area contributed by atoms with Crippen molar-refractivity contribution >= 4 is 23.5 Å². The number of hydrazone groups is 1. The molecule has 0 saturated heterocycles. The highest BCUT2D eigenvalue weighted by molar-refractivity contribution is 7.12. The van der Waals surface area contributed by atoms with Crippen molar-refractivity contribution in [1.82, 2.24) is 5.43 Å². The van der Waals surface area contributed by atoms with Gasteiger partial charge in [0.1, 0.15) is 0 Å². The van der Waals surface area contributed by atoms with Crippen LogP contribution in [0.25, 0.3) is 0 Å². The van der Waals surface area contributed by atoms with E-state index in [-0.39, 0.29) is 5.91 Å². The maximum Gasteiger partial charge on any atom is 0.281 e. The van der Waals surface area contributed by atoms with Crippen molar-refractivity contribution in [2.24, 2.45) is 5.10 Å². The molecule has 0 saturated carbocycles. The molecule has 0 aliphatic heterocycles. The smallest absolute Gasteiger partial charge is 0.266 e. The lowest BCUT2D eigenvalue weighted by Crippen LogP contribution is -2.16. The Kier molecular flexibility index (Phi) is 3.67. The third-order valence-electron chi connectivity index (χ3n) is 2.17. The molecule has 0 bridgehead atoms. The molecule has 2 aromatic rings. The summed E-state index contributed by atoms with van der Waals surface area (Å²) in [6, 6.07) is 11.5. The Morgan fingerprint density at radius 1 is 1.35 bits per heavy atom. The fourth-order valence-electron chi connectivity index (χ4n) is 1.38. The number of carbonyl (C=O) groups excluding carboxylic acids is 1. The molecular weight excluding hydrogens is 232 g/mol. The van der Waals surface area contributed by atoms with Crippen LogP contribution in [-0.2, 0) is 0 Å². The molecule has 0 radical (unpaired) electrons. The van der Waals surface area contributed by atoms with E-state index >= 15 is 0 Å². The van der Waals surface area contributed by atoms with Gasteiger partial charge in [0, 0.05) is 0 Å². The van der Waals surface area contributed by atoms with Crippen LogP contribution in [0.5, 0.6) is 0 Å². The molecule has 17 heavy (non-hydrogen) atoms. The molecule has 2 rings (SSSR count). The van der Waals surface area contributed by atoms with Crippen molar-refractivity contribution in [2.75, 3.05) is 0 Å². The number of rotatable bonds is 3. The topological polar surface area (TPSA) is 41.5 Å². The molecule has 1 aromatic carbocycles. The number of aryl methyl sites for hydroxylation is 1. The van der Waals surface area contributed by atoms with Gasteiger partial charge in [-0.15, -0.1) is 11.3 Å². The van der Waals surface area contributed by atoms with E-state index in [9.17, 15) is 4.79 Å². The lowest BCUT2D eigenvalue weighted by molar-refractivity contribution is 0.0959. The molecule has 0 aliphatic rings. The number of hydrogen-bond donors (Lipinski definition) is 1. The number of hydrogen-bond acceptors (Lipinski definition) is 3. The van der Waals surface area contributed by atoms with Gasteiger partial charge < -0.3 is 0 Å². The lowest BCUT2D eigenvalue weighted by Gasteiger charge is -1.97. The highest BCUT2D eigenvalue weighted by Gasteiger charge is 2.03. The van der Waals surface area contributed by atoms with Crippen molar-refractivity contribution in [1.29, 1.82) is 0 Å². The van der Waals surface area contributed by atoms with E-state index in [2.05, 4.69) is 10.5 Å². The molecule has 4 heteroatoms. The Bertz CT molecular complexity index is 532. The minimum atomic E-state index is -0.177. The van der Waals surface area contributed by atoms with Gasteiger partial charge in [-0.1, -0.05) is 35.9 Å². The van der Waals surface area contributed by atoms with Gasteiger partial charge in [-0.3, -0.25) is 4.79 Å².